The average Bonchev–Trinajstić information content (AvgIpc) is 3.47. The Kier molecular flexibility index (Phi) is 39.7. The predicted molar refractivity (Wildman–Crippen MR) is 204 cm³/mol. The highest BCUT2D eigenvalue weighted by atomic mass is 31.2. The third-order valence-corrected chi connectivity index (χ3v) is 8.85. The molecule has 24 nitrogen and oxygen atoms in total. The Balaban J connectivity index is -0.000000366. The summed E-state index contributed by atoms with van der Waals surface area (Å²) in [6.07, 6.45) is 5.81. The number of nitrogens with two attached hydrogens (primary N) is 1. The first kappa shape index (κ1) is 59.5. The molecule has 0 aromatic heterocycles. The maximum absolute atomic E-state index is 11.4. The molecule has 0 aromatic rings. The molecule has 1 saturated heterocycles. The molecule has 4 unspecified atom stereocenters. The van der Waals surface area contributed by atoms with E-state index in [-0.39, 0.29) is 84.8 Å². The number of rotatable bonds is 28. The topological polar surface area (TPSA) is 368 Å². The van der Waals surface area contributed by atoms with Gasteiger partial charge in [-0.2, -0.15) is 0 Å². The molecule has 56 heavy (non-hydrogen) atoms. The third-order valence-electron chi connectivity index (χ3n) is 6.98. The summed E-state index contributed by atoms with van der Waals surface area (Å²) in [5, 5.41) is 28.0. The van der Waals surface area contributed by atoms with Crippen molar-refractivity contribution in [2.75, 3.05) is 66.8 Å². The number of carbonyl (C=O) groups is 4. The van der Waals surface area contributed by atoms with Gasteiger partial charge < -0.3 is 35.9 Å². The molecule has 26 heteroatoms. The number of amides is 3. The second-order valence-corrected chi connectivity index (χ2v) is 14.4. The van der Waals surface area contributed by atoms with Crippen LogP contribution < -0.4 is 11.1 Å². The molecule has 0 radical (unpaired) electrons. The van der Waals surface area contributed by atoms with Gasteiger partial charge in [-0.1, -0.05) is 37.9 Å². The number of aliphatic hydroxyl groups is 2. The van der Waals surface area contributed by atoms with Crippen molar-refractivity contribution < 1.29 is 71.2 Å². The molecule has 0 aliphatic carbocycles. The summed E-state index contributed by atoms with van der Waals surface area (Å²) in [5.74, 6) is -2.20. The van der Waals surface area contributed by atoms with Crippen molar-refractivity contribution in [3.05, 3.63) is 20.9 Å². The van der Waals surface area contributed by atoms with Crippen LogP contribution in [0.2, 0.25) is 0 Å². The van der Waals surface area contributed by atoms with E-state index < -0.39 is 33.4 Å². The van der Waals surface area contributed by atoms with Crippen LogP contribution in [0.1, 0.15) is 91.9 Å². The van der Waals surface area contributed by atoms with Crippen LogP contribution in [0.15, 0.2) is 10.2 Å². The maximum Gasteiger partial charge on any atom is 0.471 e. The van der Waals surface area contributed by atoms with Gasteiger partial charge in [0.2, 0.25) is 5.91 Å². The van der Waals surface area contributed by atoms with Crippen molar-refractivity contribution in [1.29, 1.82) is 0 Å². The predicted octanol–water partition coefficient (Wildman–Crippen LogP) is 4.18. The number of aliphatic hydroxyl groups excluding tert-OH is 2. The molecule has 4 atom stereocenters. The number of nitrogens with zero attached hydrogens (tertiary/aromatic N) is 7. The van der Waals surface area contributed by atoms with Gasteiger partial charge in [-0.15, -0.1) is 5.06 Å². The quantitative estimate of drug-likeness (QED) is 0.0160. The summed E-state index contributed by atoms with van der Waals surface area (Å²) in [7, 11) is -5.75. The Morgan fingerprint density at radius 3 is 1.68 bits per heavy atom. The van der Waals surface area contributed by atoms with Gasteiger partial charge in [0, 0.05) is 94.4 Å². The van der Waals surface area contributed by atoms with Gasteiger partial charge in [-0.3, -0.25) is 32.5 Å². The summed E-state index contributed by atoms with van der Waals surface area (Å²) >= 11 is 0. The number of imide groups is 1. The van der Waals surface area contributed by atoms with Crippen molar-refractivity contribution in [2.24, 2.45) is 27.8 Å². The van der Waals surface area contributed by atoms with Crippen LogP contribution in [0, 0.1) is 11.8 Å². The van der Waals surface area contributed by atoms with E-state index in [2.05, 4.69) is 43.8 Å². The van der Waals surface area contributed by atoms with Crippen molar-refractivity contribution in [2.45, 2.75) is 91.9 Å². The molecule has 0 spiro atoms. The van der Waals surface area contributed by atoms with E-state index in [9.17, 15) is 33.4 Å². The Labute approximate surface area is 328 Å². The zero-order valence-corrected chi connectivity index (χ0v) is 32.5. The molecule has 1 aliphatic heterocycles. The number of hydrogen-bond acceptors (Lipinski definition) is 16. The molecule has 328 valence electrons. The van der Waals surface area contributed by atoms with Crippen LogP contribution in [-0.4, -0.2) is 116 Å². The molecule has 7 N–H and O–H groups in total. The van der Waals surface area contributed by atoms with Crippen LogP contribution in [0.25, 0.3) is 20.9 Å². The Hall–Kier alpha value is -3.20. The maximum atomic E-state index is 11.4. The molecule has 0 saturated carbocycles. The van der Waals surface area contributed by atoms with Crippen LogP contribution >= 0.6 is 15.6 Å². The number of phosphoric acid groups is 2. The Bertz CT molecular complexity index is 1270. The van der Waals surface area contributed by atoms with Gasteiger partial charge in [0.15, 0.2) is 0 Å². The van der Waals surface area contributed by atoms with Gasteiger partial charge in [0.05, 0.1) is 13.2 Å². The standard InChI is InChI=1S/C12H25N4O6P.C8H10N4O4.C8H20NO5P.2CH4/c1-21-23(19,20)22-10-11(9-17)5-2-3-7-14-12(18)6-4-8-15-16-13;9-11-10-5-1-2-8(15)16-12-6(13)3-4-7(12)14;1-13-15(11,12)14-7-8(6-10)4-2-3-5-9;;/h11,17H,2-10H2,1H3,(H,14,18)(H,19,20);1-5H2;8,10H,2-7,9H2,1H3,(H,11,12);2*1H4. The fourth-order valence-electron chi connectivity index (χ4n) is 3.91. The molecule has 0 bridgehead atoms. The van der Waals surface area contributed by atoms with E-state index in [0.717, 1.165) is 46.3 Å². The van der Waals surface area contributed by atoms with E-state index in [0.29, 0.717) is 50.4 Å². The number of phosphoric ester groups is 2. The molecular formula is C30H63N9O15P2. The fourth-order valence-corrected chi connectivity index (χ4v) is 4.92. The molecule has 0 aromatic carbocycles. The van der Waals surface area contributed by atoms with Crippen LogP contribution in [-0.2, 0) is 51.2 Å². The van der Waals surface area contributed by atoms with Gasteiger partial charge in [-0.05, 0) is 56.1 Å². The van der Waals surface area contributed by atoms with Gasteiger partial charge in [0.25, 0.3) is 11.8 Å². The van der Waals surface area contributed by atoms with E-state index in [4.69, 9.17) is 36.2 Å². The number of hydroxylamine groups is 2. The second-order valence-electron chi connectivity index (χ2n) is 11.3. The summed E-state index contributed by atoms with van der Waals surface area (Å²) in [4.78, 5) is 72.4. The molecular weight excluding hydrogens is 788 g/mol. The van der Waals surface area contributed by atoms with Gasteiger partial charge >= 0.3 is 21.6 Å². The van der Waals surface area contributed by atoms with E-state index in [1.54, 1.807) is 0 Å². The van der Waals surface area contributed by atoms with Crippen molar-refractivity contribution >= 4 is 39.3 Å². The van der Waals surface area contributed by atoms with E-state index in [1.165, 1.54) is 0 Å². The highest BCUT2D eigenvalue weighted by Gasteiger charge is 2.32. The zero-order chi connectivity index (χ0) is 41.3. The monoisotopic (exact) mass is 851 g/mol. The minimum Gasteiger partial charge on any atom is -0.396 e. The first-order chi connectivity index (χ1) is 25.6. The Morgan fingerprint density at radius 2 is 1.27 bits per heavy atom. The minimum absolute atomic E-state index is 0. The smallest absolute Gasteiger partial charge is 0.396 e. The summed E-state index contributed by atoms with van der Waals surface area (Å²) in [6.45, 7) is 1.31. The van der Waals surface area contributed by atoms with Crippen molar-refractivity contribution in [1.82, 2.24) is 10.4 Å². The van der Waals surface area contributed by atoms with Crippen LogP contribution in [0.5, 0.6) is 0 Å². The lowest BCUT2D eigenvalue weighted by Gasteiger charge is -2.16. The summed E-state index contributed by atoms with van der Waals surface area (Å²) in [5.41, 5.74) is 21.4. The van der Waals surface area contributed by atoms with Gasteiger partial charge in [-0.25, -0.2) is 13.9 Å². The molecule has 3 amide bonds. The molecule has 1 fully saturated rings. The van der Waals surface area contributed by atoms with E-state index in [1.807, 2.05) is 0 Å². The lowest BCUT2D eigenvalue weighted by molar-refractivity contribution is -0.197. The SMILES string of the molecule is C.C.COP(=O)(O)OCC(CO)CCCCN.COP(=O)(O)OCC(CO)CCCCNC(=O)CCCN=[N+]=[N-].[N-]=[N+]=NCCCC(=O)ON1C(=O)CCC1=O. The number of azide groups is 2. The number of hydrogen-bond donors (Lipinski definition) is 6. The van der Waals surface area contributed by atoms with Crippen LogP contribution in [0.3, 0.4) is 0 Å². The number of nitrogens with one attached hydrogen (secondary N) is 1. The van der Waals surface area contributed by atoms with Crippen LogP contribution in [0.4, 0.5) is 0 Å². The molecule has 1 aliphatic rings. The lowest BCUT2D eigenvalue weighted by Crippen LogP contribution is -2.32. The van der Waals surface area contributed by atoms with E-state index >= 15 is 0 Å². The number of unbranched alkanes of at least 4 members (excludes halogenated alkanes) is 2. The van der Waals surface area contributed by atoms with Crippen molar-refractivity contribution in [3.63, 3.8) is 0 Å². The third kappa shape index (κ3) is 34.1. The Morgan fingerprint density at radius 1 is 0.821 bits per heavy atom. The van der Waals surface area contributed by atoms with Gasteiger partial charge in [0.1, 0.15) is 0 Å². The first-order valence-corrected chi connectivity index (χ1v) is 20.0. The largest absolute Gasteiger partial charge is 0.471 e. The summed E-state index contributed by atoms with van der Waals surface area (Å²) in [6, 6.07) is 0. The average molecular weight is 852 g/mol. The zero-order valence-electron chi connectivity index (χ0n) is 30.7. The second kappa shape index (κ2) is 37.4. The minimum atomic E-state index is -4.01. The normalized spacial score (nSPS) is 14.9. The molecule has 1 rings (SSSR count). The van der Waals surface area contributed by atoms with Crippen molar-refractivity contribution in [3.8, 4) is 0 Å². The fraction of sp³-hybridized carbons (Fsp3) is 0.867. The highest BCUT2D eigenvalue weighted by Crippen LogP contribution is 2.43. The lowest BCUT2D eigenvalue weighted by atomic mass is 10.0. The first-order valence-electron chi connectivity index (χ1n) is 17.0. The highest BCUT2D eigenvalue weighted by molar-refractivity contribution is 7.47. The molecule has 1 heterocycles. The number of carbonyl (C=O) groups excluding carboxylic acids is 4. The summed E-state index contributed by atoms with van der Waals surface area (Å²) < 4.78 is 40.0.